The molecular weight excluding hydrogens is 590 g/mol. The third kappa shape index (κ3) is 6.33. The third-order valence-corrected chi connectivity index (χ3v) is 7.45. The highest BCUT2D eigenvalue weighted by molar-refractivity contribution is 9.10. The molecule has 0 aliphatic carbocycles. The first-order valence-electron chi connectivity index (χ1n) is 11.4. The van der Waals surface area contributed by atoms with Crippen LogP contribution >= 0.6 is 39.3 Å². The minimum absolute atomic E-state index is 0.231. The van der Waals surface area contributed by atoms with Gasteiger partial charge in [0.2, 0.25) is 0 Å². The number of hydrogen-bond donors (Lipinski definition) is 3. The lowest BCUT2D eigenvalue weighted by atomic mass is 9.97. The smallest absolute Gasteiger partial charge is 0.271 e. The first kappa shape index (κ1) is 28.0. The minimum Gasteiger partial charge on any atom is -0.394 e. The monoisotopic (exact) mass is 615 g/mol. The topological polar surface area (TPSA) is 149 Å². The predicted octanol–water partition coefficient (Wildman–Crippen LogP) is 2.09. The van der Waals surface area contributed by atoms with Crippen LogP contribution in [0, 0.1) is 5.92 Å². The number of hydrogen-bond acceptors (Lipinski definition) is 10. The number of aliphatic hydroxyl groups is 2. The second kappa shape index (κ2) is 12.2. The first-order chi connectivity index (χ1) is 17.7. The van der Waals surface area contributed by atoms with Gasteiger partial charge >= 0.3 is 0 Å². The fourth-order valence-corrected chi connectivity index (χ4v) is 5.77. The van der Waals surface area contributed by atoms with E-state index in [4.69, 9.17) is 21.1 Å². The van der Waals surface area contributed by atoms with Crippen molar-refractivity contribution in [2.75, 3.05) is 20.3 Å². The molecule has 3 aromatic heterocycles. The number of nitrogens with zero attached hydrogens (tertiary/aromatic N) is 6. The summed E-state index contributed by atoms with van der Waals surface area (Å²) in [5, 5.41) is 36.6. The molecule has 1 fully saturated rings. The highest BCUT2D eigenvalue weighted by atomic mass is 79.9. The van der Waals surface area contributed by atoms with Crippen molar-refractivity contribution in [1.29, 1.82) is 0 Å². The van der Waals surface area contributed by atoms with E-state index in [1.807, 2.05) is 13.8 Å². The summed E-state index contributed by atoms with van der Waals surface area (Å²) in [5.41, 5.74) is -0.510. The molecule has 200 valence electrons. The Morgan fingerprint density at radius 2 is 2.22 bits per heavy atom. The summed E-state index contributed by atoms with van der Waals surface area (Å²) in [6.07, 6.45) is 1.91. The van der Waals surface area contributed by atoms with Crippen molar-refractivity contribution in [2.24, 2.45) is 5.92 Å². The Labute approximate surface area is 230 Å². The zero-order chi connectivity index (χ0) is 26.7. The molecule has 0 aromatic carbocycles. The summed E-state index contributed by atoms with van der Waals surface area (Å²) in [6, 6.07) is 2.59. The van der Waals surface area contributed by atoms with Crippen LogP contribution in [0.5, 0.6) is 0 Å². The maximum Gasteiger partial charge on any atom is 0.271 e. The van der Waals surface area contributed by atoms with Crippen LogP contribution in [-0.4, -0.2) is 89.9 Å². The minimum atomic E-state index is -1.17. The predicted molar refractivity (Wildman–Crippen MR) is 139 cm³/mol. The molecule has 0 saturated carbocycles. The highest BCUT2D eigenvalue weighted by Gasteiger charge is 2.48. The molecule has 1 amide bonds. The Balaban J connectivity index is 1.65. The second-order valence-electron chi connectivity index (χ2n) is 8.77. The van der Waals surface area contributed by atoms with Gasteiger partial charge in [-0.1, -0.05) is 42.4 Å². The summed E-state index contributed by atoms with van der Waals surface area (Å²) in [6.45, 7) is 4.06. The molecule has 1 aliphatic heterocycles. The molecule has 15 heteroatoms. The van der Waals surface area contributed by atoms with Crippen LogP contribution in [0.3, 0.4) is 0 Å². The Bertz CT molecular complexity index is 1230. The number of methoxy groups -OCH3 is 1. The SMILES string of the molecule is COC1[C@@H](Sc2cc(Br)cnc2C(=O)NCC(C)C)OC(CO)[C@H](O)[C@@H]1n1cc(-n2ccc(Cl)n2)nn1. The number of ether oxygens (including phenoxy) is 2. The van der Waals surface area contributed by atoms with Crippen LogP contribution in [0.1, 0.15) is 30.4 Å². The van der Waals surface area contributed by atoms with Crippen molar-refractivity contribution in [3.63, 3.8) is 0 Å². The quantitative estimate of drug-likeness (QED) is 0.326. The molecule has 2 unspecified atom stereocenters. The van der Waals surface area contributed by atoms with Crippen molar-refractivity contribution in [3.8, 4) is 5.82 Å². The van der Waals surface area contributed by atoms with Crippen molar-refractivity contribution in [1.82, 2.24) is 35.1 Å². The van der Waals surface area contributed by atoms with Crippen molar-refractivity contribution in [3.05, 3.63) is 46.0 Å². The number of amides is 1. The third-order valence-electron chi connectivity index (χ3n) is 5.64. The molecule has 12 nitrogen and oxygen atoms in total. The number of pyridine rings is 1. The van der Waals surface area contributed by atoms with Gasteiger partial charge in [-0.15, -0.1) is 5.10 Å². The van der Waals surface area contributed by atoms with E-state index in [0.29, 0.717) is 26.9 Å². The van der Waals surface area contributed by atoms with Gasteiger partial charge < -0.3 is 25.0 Å². The lowest BCUT2D eigenvalue weighted by molar-refractivity contribution is -0.186. The van der Waals surface area contributed by atoms with E-state index in [2.05, 4.69) is 41.6 Å². The van der Waals surface area contributed by atoms with Gasteiger partial charge in [-0.05, 0) is 34.0 Å². The number of aliphatic hydroxyl groups excluding tert-OH is 2. The van der Waals surface area contributed by atoms with Crippen LogP contribution in [0.2, 0.25) is 5.15 Å². The zero-order valence-electron chi connectivity index (χ0n) is 20.2. The summed E-state index contributed by atoms with van der Waals surface area (Å²) >= 11 is 10.5. The highest BCUT2D eigenvalue weighted by Crippen LogP contribution is 2.40. The fourth-order valence-electron chi connectivity index (χ4n) is 3.84. The number of carbonyl (C=O) groups excluding carboxylic acids is 1. The standard InChI is InChI=1S/C22H27BrClN7O5S/c1-11(2)7-26-21(34)17-14(6-12(23)8-25-17)37-22-20(35-3)18(19(33)13(10-32)36-22)31-9-16(27-29-31)30-5-4-15(24)28-30/h4-6,8-9,11,13,18-20,22,32-33H,7,10H2,1-3H3,(H,26,34)/t13?,18-,19-,20?,22+/m0/s1. The number of halogens is 2. The van der Waals surface area contributed by atoms with E-state index in [9.17, 15) is 15.0 Å². The van der Waals surface area contributed by atoms with Crippen LogP contribution in [0.15, 0.2) is 40.1 Å². The molecule has 0 spiro atoms. The van der Waals surface area contributed by atoms with Crippen molar-refractivity contribution >= 4 is 45.2 Å². The summed E-state index contributed by atoms with van der Waals surface area (Å²) in [7, 11) is 1.49. The van der Waals surface area contributed by atoms with E-state index in [1.54, 1.807) is 30.7 Å². The van der Waals surface area contributed by atoms with Gasteiger partial charge in [-0.2, -0.15) is 5.10 Å². The molecule has 5 atom stereocenters. The number of carbonyl (C=O) groups is 1. The summed E-state index contributed by atoms with van der Waals surface area (Å²) < 4.78 is 15.4. The summed E-state index contributed by atoms with van der Waals surface area (Å²) in [4.78, 5) is 17.7. The second-order valence-corrected chi connectivity index (χ2v) is 11.2. The van der Waals surface area contributed by atoms with Gasteiger partial charge in [0.1, 0.15) is 35.5 Å². The van der Waals surface area contributed by atoms with E-state index >= 15 is 0 Å². The molecule has 4 heterocycles. The molecule has 3 N–H and O–H groups in total. The largest absolute Gasteiger partial charge is 0.394 e. The first-order valence-corrected chi connectivity index (χ1v) is 13.5. The maximum atomic E-state index is 12.9. The van der Waals surface area contributed by atoms with Gasteiger partial charge in [0.05, 0.1) is 12.8 Å². The van der Waals surface area contributed by atoms with Crippen LogP contribution in [0.25, 0.3) is 5.82 Å². The van der Waals surface area contributed by atoms with Gasteiger partial charge in [-0.25, -0.2) is 14.3 Å². The lowest BCUT2D eigenvalue weighted by Crippen LogP contribution is -2.55. The molecule has 0 radical (unpaired) electrons. The van der Waals surface area contributed by atoms with Crippen molar-refractivity contribution < 1.29 is 24.5 Å². The molecule has 1 aliphatic rings. The summed E-state index contributed by atoms with van der Waals surface area (Å²) in [5.74, 6) is 0.334. The van der Waals surface area contributed by atoms with E-state index in [1.165, 1.54) is 28.2 Å². The molecule has 1 saturated heterocycles. The van der Waals surface area contributed by atoms with Crippen LogP contribution in [-0.2, 0) is 9.47 Å². The molecule has 37 heavy (non-hydrogen) atoms. The molecule has 3 aromatic rings. The van der Waals surface area contributed by atoms with Crippen molar-refractivity contribution in [2.45, 2.75) is 48.5 Å². The number of nitrogens with one attached hydrogen (secondary N) is 1. The Morgan fingerprint density at radius 3 is 2.86 bits per heavy atom. The Hall–Kier alpha value is -2.07. The molecule has 0 bridgehead atoms. The molecule has 4 rings (SSSR count). The lowest BCUT2D eigenvalue weighted by Gasteiger charge is -2.43. The number of rotatable bonds is 9. The number of aromatic nitrogens is 6. The molecular formula is C22H27BrClN7O5S. The maximum absolute atomic E-state index is 12.9. The van der Waals surface area contributed by atoms with E-state index in [-0.39, 0.29) is 17.5 Å². The Kier molecular flexibility index (Phi) is 9.21. The van der Waals surface area contributed by atoms with Gasteiger partial charge in [0.25, 0.3) is 5.91 Å². The van der Waals surface area contributed by atoms with Crippen LogP contribution < -0.4 is 5.32 Å². The number of thioether (sulfide) groups is 1. The Morgan fingerprint density at radius 1 is 1.43 bits per heavy atom. The average molecular weight is 617 g/mol. The normalized spacial score (nSPS) is 23.9. The average Bonchev–Trinajstić information content (AvgIpc) is 3.52. The zero-order valence-corrected chi connectivity index (χ0v) is 23.4. The van der Waals surface area contributed by atoms with Gasteiger partial charge in [0.15, 0.2) is 11.0 Å². The van der Waals surface area contributed by atoms with E-state index < -0.39 is 36.4 Å². The van der Waals surface area contributed by atoms with Crippen LogP contribution in [0.4, 0.5) is 0 Å². The van der Waals surface area contributed by atoms with Gasteiger partial charge in [-0.3, -0.25) is 4.79 Å². The fraction of sp³-hybridized carbons (Fsp3) is 0.500. The van der Waals surface area contributed by atoms with E-state index in [0.717, 1.165) is 0 Å². The van der Waals surface area contributed by atoms with Gasteiger partial charge in [0, 0.05) is 35.4 Å².